The Hall–Kier alpha value is -1.11. The van der Waals surface area contributed by atoms with Crippen molar-refractivity contribution < 1.29 is 0 Å². The second-order valence-electron chi connectivity index (χ2n) is 2.44. The van der Waals surface area contributed by atoms with Crippen LogP contribution in [0.25, 0.3) is 0 Å². The molecule has 0 atom stereocenters. The van der Waals surface area contributed by atoms with Crippen LogP contribution in [0.4, 0.5) is 0 Å². The van der Waals surface area contributed by atoms with Crippen molar-refractivity contribution in [1.29, 1.82) is 0 Å². The van der Waals surface area contributed by atoms with Crippen LogP contribution in [0, 0.1) is 0 Å². The molecular weight excluding hydrogens is 134 g/mol. The Balaban J connectivity index is 2.35. The first-order valence-corrected chi connectivity index (χ1v) is 3.91. The van der Waals surface area contributed by atoms with Crippen molar-refractivity contribution in [2.75, 3.05) is 6.54 Å². The van der Waals surface area contributed by atoms with Crippen LogP contribution in [0.15, 0.2) is 42.0 Å². The van der Waals surface area contributed by atoms with Crippen LogP contribution in [0.2, 0.25) is 0 Å². The predicted molar refractivity (Wildman–Crippen MR) is 50.0 cm³/mol. The van der Waals surface area contributed by atoms with Gasteiger partial charge in [0.2, 0.25) is 0 Å². The lowest BCUT2D eigenvalue weighted by Crippen LogP contribution is -1.95. The van der Waals surface area contributed by atoms with Crippen LogP contribution in [-0.2, 0) is 0 Å². The highest BCUT2D eigenvalue weighted by atomic mass is 14.7. The summed E-state index contributed by atoms with van der Waals surface area (Å²) in [6.45, 7) is 4.51. The van der Waals surface area contributed by atoms with Gasteiger partial charge < -0.3 is 0 Å². The van der Waals surface area contributed by atoms with Crippen LogP contribution in [0.1, 0.15) is 12.8 Å². The second kappa shape index (κ2) is 4.67. The van der Waals surface area contributed by atoms with Crippen molar-refractivity contribution >= 4 is 5.71 Å². The average Bonchev–Trinajstić information content (AvgIpc) is 2.07. The normalized spacial score (nSPS) is 19.1. The quantitative estimate of drug-likeness (QED) is 0.429. The Labute approximate surface area is 67.8 Å². The second-order valence-corrected chi connectivity index (χ2v) is 2.44. The maximum absolute atomic E-state index is 4.38. The van der Waals surface area contributed by atoms with Gasteiger partial charge in [-0.05, 0) is 12.5 Å². The molecule has 1 rings (SSSR count). The fraction of sp³-hybridized carbons (Fsp3) is 0.300. The third-order valence-electron chi connectivity index (χ3n) is 1.51. The molecule has 1 nitrogen and oxygen atoms in total. The van der Waals surface area contributed by atoms with E-state index in [2.05, 4.69) is 23.7 Å². The highest BCUT2D eigenvalue weighted by Crippen LogP contribution is 1.99. The molecule has 0 unspecified atom stereocenters. The molecule has 1 aliphatic rings. The van der Waals surface area contributed by atoms with Crippen molar-refractivity contribution in [3.05, 3.63) is 37.0 Å². The molecule has 11 heavy (non-hydrogen) atoms. The van der Waals surface area contributed by atoms with E-state index < -0.39 is 0 Å². The van der Waals surface area contributed by atoms with E-state index in [0.717, 1.165) is 19.4 Å². The lowest BCUT2D eigenvalue weighted by molar-refractivity contribution is 1.00. The first kappa shape index (κ1) is 7.99. The maximum atomic E-state index is 4.38. The molecule has 58 valence electrons. The maximum Gasteiger partial charge on any atom is 0.0427 e. The molecule has 0 aromatic heterocycles. The summed E-state index contributed by atoms with van der Waals surface area (Å²) in [4.78, 5) is 4.38. The van der Waals surface area contributed by atoms with Gasteiger partial charge in [-0.2, -0.15) is 0 Å². The van der Waals surface area contributed by atoms with Crippen molar-refractivity contribution in [2.24, 2.45) is 4.99 Å². The van der Waals surface area contributed by atoms with Gasteiger partial charge in [0.1, 0.15) is 0 Å². The molecule has 1 aliphatic carbocycles. The van der Waals surface area contributed by atoms with E-state index in [1.165, 1.54) is 5.71 Å². The number of hydrogen-bond donors (Lipinski definition) is 0. The molecule has 0 aliphatic heterocycles. The van der Waals surface area contributed by atoms with Crippen LogP contribution in [-0.4, -0.2) is 12.3 Å². The number of allylic oxidation sites excluding steroid dienone is 4. The fourth-order valence-electron chi connectivity index (χ4n) is 0.919. The summed E-state index contributed by atoms with van der Waals surface area (Å²) in [7, 11) is 0. The van der Waals surface area contributed by atoms with E-state index in [0.29, 0.717) is 0 Å². The third kappa shape index (κ3) is 2.99. The van der Waals surface area contributed by atoms with Gasteiger partial charge >= 0.3 is 0 Å². The van der Waals surface area contributed by atoms with Gasteiger partial charge in [-0.1, -0.05) is 24.3 Å². The average molecular weight is 147 g/mol. The molecule has 0 saturated carbocycles. The van der Waals surface area contributed by atoms with Gasteiger partial charge in [-0.25, -0.2) is 0 Å². The molecule has 0 aromatic rings. The lowest BCUT2D eigenvalue weighted by Gasteiger charge is -1.99. The third-order valence-corrected chi connectivity index (χ3v) is 1.51. The molecule has 0 spiro atoms. The zero-order valence-electron chi connectivity index (χ0n) is 6.66. The molecule has 0 fully saturated rings. The lowest BCUT2D eigenvalue weighted by atomic mass is 10.1. The van der Waals surface area contributed by atoms with E-state index >= 15 is 0 Å². The summed E-state index contributed by atoms with van der Waals surface area (Å²) >= 11 is 0. The molecule has 0 saturated heterocycles. The molecule has 0 N–H and O–H groups in total. The highest BCUT2D eigenvalue weighted by Gasteiger charge is 1.92. The van der Waals surface area contributed by atoms with Crippen molar-refractivity contribution in [2.45, 2.75) is 12.8 Å². The molecule has 0 bridgehead atoms. The zero-order chi connectivity index (χ0) is 7.94. The molecule has 0 radical (unpaired) electrons. The molecular formula is C10H13N. The summed E-state index contributed by atoms with van der Waals surface area (Å²) < 4.78 is 0. The van der Waals surface area contributed by atoms with E-state index in [4.69, 9.17) is 0 Å². The fourth-order valence-corrected chi connectivity index (χ4v) is 0.919. The Morgan fingerprint density at radius 2 is 2.45 bits per heavy atom. The summed E-state index contributed by atoms with van der Waals surface area (Å²) in [6, 6.07) is 0. The Kier molecular flexibility index (Phi) is 3.39. The largest absolute Gasteiger partial charge is 0.289 e. The Bertz CT molecular complexity index is 209. The van der Waals surface area contributed by atoms with Gasteiger partial charge in [0.05, 0.1) is 0 Å². The van der Waals surface area contributed by atoms with Crippen molar-refractivity contribution in [3.8, 4) is 0 Å². The SMILES string of the molecule is C=CCC/N=C1/C=CC=CC1. The van der Waals surface area contributed by atoms with Crippen molar-refractivity contribution in [3.63, 3.8) is 0 Å². The highest BCUT2D eigenvalue weighted by molar-refractivity contribution is 5.97. The first-order valence-electron chi connectivity index (χ1n) is 3.91. The first-order chi connectivity index (χ1) is 5.43. The van der Waals surface area contributed by atoms with Gasteiger partial charge in [0.15, 0.2) is 0 Å². The molecule has 0 aromatic carbocycles. The van der Waals surface area contributed by atoms with E-state index in [9.17, 15) is 0 Å². The number of nitrogens with zero attached hydrogens (tertiary/aromatic N) is 1. The Morgan fingerprint density at radius 1 is 1.55 bits per heavy atom. The number of rotatable bonds is 3. The van der Waals surface area contributed by atoms with E-state index in [-0.39, 0.29) is 0 Å². The minimum absolute atomic E-state index is 0.872. The minimum Gasteiger partial charge on any atom is -0.289 e. The topological polar surface area (TPSA) is 12.4 Å². The van der Waals surface area contributed by atoms with Gasteiger partial charge in [0.25, 0.3) is 0 Å². The summed E-state index contributed by atoms with van der Waals surface area (Å²) in [5, 5.41) is 0. The van der Waals surface area contributed by atoms with E-state index in [1.807, 2.05) is 18.2 Å². The summed E-state index contributed by atoms with van der Waals surface area (Å²) in [5.74, 6) is 0. The minimum atomic E-state index is 0.872. The van der Waals surface area contributed by atoms with Crippen LogP contribution in [0.3, 0.4) is 0 Å². The van der Waals surface area contributed by atoms with Crippen LogP contribution >= 0.6 is 0 Å². The van der Waals surface area contributed by atoms with Gasteiger partial charge in [0, 0.05) is 18.7 Å². The van der Waals surface area contributed by atoms with Crippen LogP contribution < -0.4 is 0 Å². The summed E-state index contributed by atoms with van der Waals surface area (Å²) in [5.41, 5.74) is 1.18. The van der Waals surface area contributed by atoms with Crippen molar-refractivity contribution in [1.82, 2.24) is 0 Å². The predicted octanol–water partition coefficient (Wildman–Crippen LogP) is 2.52. The van der Waals surface area contributed by atoms with Crippen LogP contribution in [0.5, 0.6) is 0 Å². The molecule has 0 heterocycles. The van der Waals surface area contributed by atoms with Gasteiger partial charge in [-0.3, -0.25) is 4.99 Å². The monoisotopic (exact) mass is 147 g/mol. The molecule has 1 heteroatoms. The number of hydrogen-bond acceptors (Lipinski definition) is 1. The summed E-state index contributed by atoms with van der Waals surface area (Å²) in [6.07, 6.45) is 12.1. The smallest absolute Gasteiger partial charge is 0.0427 e. The zero-order valence-corrected chi connectivity index (χ0v) is 6.66. The Morgan fingerprint density at radius 3 is 3.09 bits per heavy atom. The number of aliphatic imine (C=N–C) groups is 1. The van der Waals surface area contributed by atoms with Gasteiger partial charge in [-0.15, -0.1) is 6.58 Å². The van der Waals surface area contributed by atoms with E-state index in [1.54, 1.807) is 0 Å². The molecule has 0 amide bonds. The standard InChI is InChI=1S/C10H13N/c1-2-3-9-11-10-7-5-4-6-8-10/h2,4-7H,1,3,8-9H2/b11-10-.